The van der Waals surface area contributed by atoms with Crippen molar-refractivity contribution >= 4 is 45.2 Å². The van der Waals surface area contributed by atoms with Crippen LogP contribution in [0.5, 0.6) is 5.88 Å². The largest absolute Gasteiger partial charge is 0.474 e. The molecule has 11 heteroatoms. The molecule has 4 heterocycles. The van der Waals surface area contributed by atoms with E-state index in [1.165, 1.54) is 17.3 Å². The first-order valence-electron chi connectivity index (χ1n) is 12.7. The number of rotatable bonds is 8. The van der Waals surface area contributed by atoms with Crippen LogP contribution in [0.4, 0.5) is 5.69 Å². The van der Waals surface area contributed by atoms with Gasteiger partial charge in [0, 0.05) is 35.7 Å². The van der Waals surface area contributed by atoms with E-state index in [0.717, 1.165) is 52.3 Å². The Morgan fingerprint density at radius 1 is 1.13 bits per heavy atom. The fourth-order valence-electron chi connectivity index (χ4n) is 4.77. The average Bonchev–Trinajstić information content (AvgIpc) is 3.61. The lowest BCUT2D eigenvalue weighted by molar-refractivity contribution is 0.0984. The Morgan fingerprint density at radius 2 is 1.95 bits per heavy atom. The number of nitrogens with zero attached hydrogens (tertiary/aromatic N) is 4. The summed E-state index contributed by atoms with van der Waals surface area (Å²) < 4.78 is 36.6. The van der Waals surface area contributed by atoms with Gasteiger partial charge in [0.05, 0.1) is 36.5 Å². The lowest BCUT2D eigenvalue weighted by Crippen LogP contribution is -2.32. The molecule has 1 saturated carbocycles. The Labute approximate surface area is 227 Å². The molecule has 1 aliphatic heterocycles. The van der Waals surface area contributed by atoms with Crippen molar-refractivity contribution in [2.75, 3.05) is 11.2 Å². The van der Waals surface area contributed by atoms with Crippen molar-refractivity contribution in [2.45, 2.75) is 50.6 Å². The summed E-state index contributed by atoms with van der Waals surface area (Å²) in [6.07, 6.45) is 6.12. The Bertz CT molecular complexity index is 1690. The number of hydrogen-bond donors (Lipinski definition) is 0. The van der Waals surface area contributed by atoms with Gasteiger partial charge in [-0.1, -0.05) is 19.0 Å². The van der Waals surface area contributed by atoms with Crippen molar-refractivity contribution in [3.8, 4) is 5.88 Å². The average molecular weight is 541 g/mol. The Morgan fingerprint density at radius 3 is 2.67 bits per heavy atom. The summed E-state index contributed by atoms with van der Waals surface area (Å²) in [5, 5.41) is 0.833. The predicted molar refractivity (Wildman–Crippen MR) is 147 cm³/mol. The second-order valence-electron chi connectivity index (χ2n) is 9.78. The van der Waals surface area contributed by atoms with Gasteiger partial charge in [-0.3, -0.25) is 9.78 Å². The van der Waals surface area contributed by atoms with Gasteiger partial charge in [-0.2, -0.15) is 0 Å². The van der Waals surface area contributed by atoms with E-state index in [1.54, 1.807) is 24.3 Å². The lowest BCUT2D eigenvalue weighted by Gasteiger charge is -2.25. The van der Waals surface area contributed by atoms with Crippen molar-refractivity contribution in [1.29, 1.82) is 0 Å². The van der Waals surface area contributed by atoms with Crippen LogP contribution in [0.25, 0.3) is 10.9 Å². The first-order valence-corrected chi connectivity index (χ1v) is 14.6. The quantitative estimate of drug-likeness (QED) is 0.313. The normalized spacial score (nSPS) is 14.7. The van der Waals surface area contributed by atoms with Crippen molar-refractivity contribution in [1.82, 2.24) is 15.0 Å². The first-order chi connectivity index (χ1) is 18.8. The van der Waals surface area contributed by atoms with E-state index in [0.29, 0.717) is 24.7 Å². The van der Waals surface area contributed by atoms with Crippen LogP contribution in [-0.2, 0) is 34.3 Å². The monoisotopic (exact) mass is 541 g/mol. The molecule has 4 aromatic rings. The molecule has 1 radical (unpaired) electrons. The standard InChI is InChI=1S/C28H26BN4O5S/c1-29-26-22-16-37-15-21(22)20-9-5-17(12-23(20)32-26)14-33(24-4-3-11-30-27(24)39(2,35)36)28(34)18-6-10-25(31-13-18)38-19-7-8-19/h3-6,9-13,19H,7-8,14-16H2,1-2H3. The number of benzene rings is 1. The molecule has 0 spiro atoms. The van der Waals surface area contributed by atoms with Gasteiger partial charge in [-0.25, -0.2) is 18.4 Å². The number of sulfone groups is 1. The fourth-order valence-corrected chi connectivity index (χ4v) is 5.58. The molecule has 0 saturated heterocycles. The summed E-state index contributed by atoms with van der Waals surface area (Å²) in [7, 11) is -1.76. The molecule has 197 valence electrons. The van der Waals surface area contributed by atoms with Crippen molar-refractivity contribution in [2.24, 2.45) is 0 Å². The molecule has 1 amide bonds. The number of anilines is 1. The van der Waals surface area contributed by atoms with Gasteiger partial charge >= 0.3 is 0 Å². The van der Waals surface area contributed by atoms with E-state index in [-0.39, 0.29) is 23.4 Å². The smallest absolute Gasteiger partial charge is 0.260 e. The van der Waals surface area contributed by atoms with Crippen LogP contribution in [0, 0.1) is 0 Å². The molecule has 9 nitrogen and oxygen atoms in total. The number of ether oxygens (including phenoxy) is 2. The van der Waals surface area contributed by atoms with Crippen LogP contribution >= 0.6 is 0 Å². The van der Waals surface area contributed by atoms with E-state index in [2.05, 4.69) is 9.97 Å². The number of hydrogen-bond acceptors (Lipinski definition) is 8. The SMILES string of the molecule is C[B]c1nc2cc(CN(C(=O)c3ccc(OC4CC4)nc3)c3cccnc3S(C)(=O)=O)ccc2c2c1COC2. The molecule has 1 fully saturated rings. The van der Waals surface area contributed by atoms with E-state index in [9.17, 15) is 13.2 Å². The second-order valence-corrected chi connectivity index (χ2v) is 11.7. The molecular formula is C28H26BN4O5S. The van der Waals surface area contributed by atoms with Gasteiger partial charge in [0.2, 0.25) is 5.88 Å². The lowest BCUT2D eigenvalue weighted by atomic mass is 9.74. The highest BCUT2D eigenvalue weighted by atomic mass is 32.2. The summed E-state index contributed by atoms with van der Waals surface area (Å²) in [6.45, 7) is 3.11. The Hall–Kier alpha value is -3.83. The summed E-state index contributed by atoms with van der Waals surface area (Å²) >= 11 is 0. The zero-order valence-electron chi connectivity index (χ0n) is 21.6. The molecule has 39 heavy (non-hydrogen) atoms. The molecule has 1 aliphatic carbocycles. The maximum atomic E-state index is 13.9. The summed E-state index contributed by atoms with van der Waals surface area (Å²) in [5.41, 5.74) is 5.18. The Kier molecular flexibility index (Phi) is 6.56. The molecule has 2 aliphatic rings. The third-order valence-corrected chi connectivity index (χ3v) is 7.86. The minimum Gasteiger partial charge on any atom is -0.474 e. The van der Waals surface area contributed by atoms with Crippen LogP contribution in [-0.4, -0.2) is 48.9 Å². The van der Waals surface area contributed by atoms with Gasteiger partial charge < -0.3 is 14.4 Å². The highest BCUT2D eigenvalue weighted by Gasteiger charge is 2.27. The summed E-state index contributed by atoms with van der Waals surface area (Å²) in [5.74, 6) is 0.0517. The van der Waals surface area contributed by atoms with Crippen LogP contribution in [0.1, 0.15) is 39.9 Å². The highest BCUT2D eigenvalue weighted by molar-refractivity contribution is 7.90. The number of carbonyl (C=O) groups is 1. The van der Waals surface area contributed by atoms with Crippen LogP contribution < -0.4 is 15.2 Å². The van der Waals surface area contributed by atoms with Crippen LogP contribution in [0.3, 0.4) is 0 Å². The first kappa shape index (κ1) is 25.5. The van der Waals surface area contributed by atoms with Gasteiger partial charge in [0.25, 0.3) is 5.91 Å². The third kappa shape index (κ3) is 5.11. The topological polar surface area (TPSA) is 112 Å². The summed E-state index contributed by atoms with van der Waals surface area (Å²) in [6, 6.07) is 12.4. The number of pyridine rings is 3. The van der Waals surface area contributed by atoms with E-state index in [1.807, 2.05) is 32.3 Å². The number of fused-ring (bicyclic) bond motifs is 3. The minimum atomic E-state index is -3.72. The molecule has 3 aromatic heterocycles. The number of carbonyl (C=O) groups excluding carboxylic acids is 1. The van der Waals surface area contributed by atoms with Crippen LogP contribution in [0.2, 0.25) is 6.82 Å². The maximum Gasteiger partial charge on any atom is 0.260 e. The van der Waals surface area contributed by atoms with E-state index < -0.39 is 15.7 Å². The molecule has 0 unspecified atom stereocenters. The van der Waals surface area contributed by atoms with Gasteiger partial charge in [0.15, 0.2) is 22.1 Å². The minimum absolute atomic E-state index is 0.101. The molecule has 0 bridgehead atoms. The number of aromatic nitrogens is 3. The second kappa shape index (κ2) is 10.1. The maximum absolute atomic E-state index is 13.9. The summed E-state index contributed by atoms with van der Waals surface area (Å²) in [4.78, 5) is 28.5. The molecule has 0 atom stereocenters. The van der Waals surface area contributed by atoms with Gasteiger partial charge in [-0.05, 0) is 53.8 Å². The zero-order chi connectivity index (χ0) is 27.1. The fraction of sp³-hybridized carbons (Fsp3) is 0.286. The number of amides is 1. The highest BCUT2D eigenvalue weighted by Crippen LogP contribution is 2.30. The third-order valence-electron chi connectivity index (χ3n) is 6.84. The molecule has 1 aromatic carbocycles. The van der Waals surface area contributed by atoms with Crippen LogP contribution in [0.15, 0.2) is 59.9 Å². The zero-order valence-corrected chi connectivity index (χ0v) is 22.4. The predicted octanol–water partition coefficient (Wildman–Crippen LogP) is 3.22. The molecular weight excluding hydrogens is 515 g/mol. The van der Waals surface area contributed by atoms with Crippen molar-refractivity contribution in [3.63, 3.8) is 0 Å². The Balaban J connectivity index is 1.40. The molecule has 0 N–H and O–H groups in total. The van der Waals surface area contributed by atoms with Crippen molar-refractivity contribution in [3.05, 3.63) is 77.1 Å². The van der Waals surface area contributed by atoms with E-state index in [4.69, 9.17) is 14.5 Å². The molecule has 6 rings (SSSR count). The van der Waals surface area contributed by atoms with Gasteiger partial charge in [0.1, 0.15) is 6.10 Å². The van der Waals surface area contributed by atoms with E-state index >= 15 is 0 Å². The van der Waals surface area contributed by atoms with Gasteiger partial charge in [-0.15, -0.1) is 0 Å². The van der Waals surface area contributed by atoms with Crippen molar-refractivity contribution < 1.29 is 22.7 Å².